The SMILES string of the molecule is Cc1ccc(C(C)(C)CCCCC(=O)O)cc1C. The summed E-state index contributed by atoms with van der Waals surface area (Å²) in [6.45, 7) is 8.73. The minimum Gasteiger partial charge on any atom is -0.481 e. The van der Waals surface area contributed by atoms with E-state index in [-0.39, 0.29) is 11.8 Å². The number of aliphatic carboxylic acids is 1. The van der Waals surface area contributed by atoms with Crippen LogP contribution in [0.2, 0.25) is 0 Å². The molecule has 0 radical (unpaired) electrons. The van der Waals surface area contributed by atoms with Gasteiger partial charge in [0.05, 0.1) is 0 Å². The lowest BCUT2D eigenvalue weighted by Crippen LogP contribution is -2.17. The van der Waals surface area contributed by atoms with Crippen LogP contribution in [0.4, 0.5) is 0 Å². The largest absolute Gasteiger partial charge is 0.481 e. The third-order valence-corrected chi connectivity index (χ3v) is 3.73. The van der Waals surface area contributed by atoms with Crippen LogP contribution in [0.3, 0.4) is 0 Å². The van der Waals surface area contributed by atoms with E-state index in [1.54, 1.807) is 0 Å². The molecule has 1 N–H and O–H groups in total. The fraction of sp³-hybridized carbons (Fsp3) is 0.562. The Kier molecular flexibility index (Phi) is 4.94. The van der Waals surface area contributed by atoms with E-state index in [9.17, 15) is 4.79 Å². The number of benzene rings is 1. The Bertz CT molecular complexity index is 419. The van der Waals surface area contributed by atoms with E-state index in [0.717, 1.165) is 19.3 Å². The fourth-order valence-electron chi connectivity index (χ4n) is 2.15. The summed E-state index contributed by atoms with van der Waals surface area (Å²) in [6.07, 6.45) is 3.04. The number of hydrogen-bond acceptors (Lipinski definition) is 1. The van der Waals surface area contributed by atoms with Gasteiger partial charge < -0.3 is 5.11 Å². The maximum absolute atomic E-state index is 10.5. The molecule has 0 aliphatic rings. The van der Waals surface area contributed by atoms with Crippen LogP contribution in [-0.4, -0.2) is 11.1 Å². The first-order valence-electron chi connectivity index (χ1n) is 6.62. The summed E-state index contributed by atoms with van der Waals surface area (Å²) in [7, 11) is 0. The average molecular weight is 248 g/mol. The Morgan fingerprint density at radius 1 is 1.17 bits per heavy atom. The smallest absolute Gasteiger partial charge is 0.303 e. The molecular weight excluding hydrogens is 224 g/mol. The Morgan fingerprint density at radius 3 is 2.39 bits per heavy atom. The molecule has 0 saturated heterocycles. The molecule has 1 aromatic rings. The molecule has 18 heavy (non-hydrogen) atoms. The molecule has 0 aliphatic heterocycles. The van der Waals surface area contributed by atoms with Crippen molar-refractivity contribution in [3.63, 3.8) is 0 Å². The molecular formula is C16H24O2. The number of unbranched alkanes of at least 4 members (excludes halogenated alkanes) is 1. The molecule has 0 aromatic heterocycles. The van der Waals surface area contributed by atoms with Gasteiger partial charge in [0.1, 0.15) is 0 Å². The standard InChI is InChI=1S/C16H24O2/c1-12-8-9-14(11-13(12)2)16(3,4)10-6-5-7-15(17)18/h8-9,11H,5-7,10H2,1-4H3,(H,17,18). The maximum atomic E-state index is 10.5. The molecule has 0 heterocycles. The van der Waals surface area contributed by atoms with Crippen molar-refractivity contribution < 1.29 is 9.90 Å². The number of rotatable bonds is 6. The molecule has 0 saturated carbocycles. The lowest BCUT2D eigenvalue weighted by atomic mass is 9.79. The lowest BCUT2D eigenvalue weighted by Gasteiger charge is -2.26. The predicted molar refractivity (Wildman–Crippen MR) is 75.0 cm³/mol. The van der Waals surface area contributed by atoms with Gasteiger partial charge in [0.15, 0.2) is 0 Å². The van der Waals surface area contributed by atoms with Gasteiger partial charge in [-0.15, -0.1) is 0 Å². The number of carboxylic acids is 1. The molecule has 0 atom stereocenters. The van der Waals surface area contributed by atoms with Crippen molar-refractivity contribution in [1.82, 2.24) is 0 Å². The molecule has 1 rings (SSSR count). The summed E-state index contributed by atoms with van der Waals surface area (Å²) in [6, 6.07) is 6.62. The van der Waals surface area contributed by atoms with Gasteiger partial charge in [-0.2, -0.15) is 0 Å². The second-order valence-electron chi connectivity index (χ2n) is 5.78. The molecule has 0 bridgehead atoms. The molecule has 0 fully saturated rings. The Balaban J connectivity index is 2.61. The van der Waals surface area contributed by atoms with Crippen LogP contribution in [-0.2, 0) is 10.2 Å². The van der Waals surface area contributed by atoms with E-state index in [0.29, 0.717) is 0 Å². The van der Waals surface area contributed by atoms with E-state index >= 15 is 0 Å². The van der Waals surface area contributed by atoms with Crippen LogP contribution in [0.1, 0.15) is 56.2 Å². The van der Waals surface area contributed by atoms with Gasteiger partial charge in [-0.1, -0.05) is 38.5 Å². The first-order chi connectivity index (χ1) is 8.33. The number of carbonyl (C=O) groups is 1. The maximum Gasteiger partial charge on any atom is 0.303 e. The number of hydrogen-bond donors (Lipinski definition) is 1. The predicted octanol–water partition coefficient (Wildman–Crippen LogP) is 4.23. The molecule has 0 unspecified atom stereocenters. The van der Waals surface area contributed by atoms with Gasteiger partial charge in [-0.05, 0) is 48.8 Å². The summed E-state index contributed by atoms with van der Waals surface area (Å²) < 4.78 is 0. The van der Waals surface area contributed by atoms with Crippen molar-refractivity contribution in [3.8, 4) is 0 Å². The second-order valence-corrected chi connectivity index (χ2v) is 5.78. The monoisotopic (exact) mass is 248 g/mol. The Hall–Kier alpha value is -1.31. The number of carboxylic acid groups (broad SMARTS) is 1. The van der Waals surface area contributed by atoms with Crippen molar-refractivity contribution in [2.24, 2.45) is 0 Å². The van der Waals surface area contributed by atoms with E-state index in [1.165, 1.54) is 16.7 Å². The van der Waals surface area contributed by atoms with E-state index in [4.69, 9.17) is 5.11 Å². The number of aryl methyl sites for hydroxylation is 2. The topological polar surface area (TPSA) is 37.3 Å². The van der Waals surface area contributed by atoms with Gasteiger partial charge >= 0.3 is 5.97 Å². The minimum absolute atomic E-state index is 0.122. The lowest BCUT2D eigenvalue weighted by molar-refractivity contribution is -0.137. The van der Waals surface area contributed by atoms with Crippen LogP contribution in [0.5, 0.6) is 0 Å². The summed E-state index contributed by atoms with van der Waals surface area (Å²) in [5, 5.41) is 8.63. The third kappa shape index (κ3) is 4.17. The highest BCUT2D eigenvalue weighted by Gasteiger charge is 2.20. The first-order valence-corrected chi connectivity index (χ1v) is 6.62. The molecule has 0 spiro atoms. The summed E-state index contributed by atoms with van der Waals surface area (Å²) >= 11 is 0. The third-order valence-electron chi connectivity index (χ3n) is 3.73. The molecule has 1 aromatic carbocycles. The van der Waals surface area contributed by atoms with Gasteiger partial charge in [0.25, 0.3) is 0 Å². The van der Waals surface area contributed by atoms with Gasteiger partial charge in [-0.3, -0.25) is 4.79 Å². The van der Waals surface area contributed by atoms with Gasteiger partial charge in [-0.25, -0.2) is 0 Å². The van der Waals surface area contributed by atoms with Crippen LogP contribution >= 0.6 is 0 Å². The van der Waals surface area contributed by atoms with E-state index in [2.05, 4.69) is 45.9 Å². The summed E-state index contributed by atoms with van der Waals surface area (Å²) in [5.41, 5.74) is 4.12. The van der Waals surface area contributed by atoms with E-state index in [1.807, 2.05) is 0 Å². The Labute approximate surface area is 110 Å². The quantitative estimate of drug-likeness (QED) is 0.765. The highest BCUT2D eigenvalue weighted by Crippen LogP contribution is 2.30. The highest BCUT2D eigenvalue weighted by atomic mass is 16.4. The van der Waals surface area contributed by atoms with Gasteiger partial charge in [0, 0.05) is 6.42 Å². The van der Waals surface area contributed by atoms with Crippen LogP contribution in [0.15, 0.2) is 18.2 Å². The van der Waals surface area contributed by atoms with Crippen molar-refractivity contribution in [2.45, 2.75) is 58.8 Å². The van der Waals surface area contributed by atoms with Crippen molar-refractivity contribution in [1.29, 1.82) is 0 Å². The van der Waals surface area contributed by atoms with Crippen LogP contribution in [0, 0.1) is 13.8 Å². The zero-order chi connectivity index (χ0) is 13.8. The van der Waals surface area contributed by atoms with Gasteiger partial charge in [0.2, 0.25) is 0 Å². The Morgan fingerprint density at radius 2 is 1.83 bits per heavy atom. The first kappa shape index (κ1) is 14.7. The fourth-order valence-corrected chi connectivity index (χ4v) is 2.15. The second kappa shape index (κ2) is 6.03. The minimum atomic E-state index is -0.695. The molecule has 100 valence electrons. The molecule has 2 heteroatoms. The summed E-state index contributed by atoms with van der Waals surface area (Å²) in [5.74, 6) is -0.695. The normalized spacial score (nSPS) is 11.6. The molecule has 0 aliphatic carbocycles. The van der Waals surface area contributed by atoms with Crippen LogP contribution < -0.4 is 0 Å². The zero-order valence-electron chi connectivity index (χ0n) is 11.9. The highest BCUT2D eigenvalue weighted by molar-refractivity contribution is 5.66. The van der Waals surface area contributed by atoms with Crippen molar-refractivity contribution in [2.75, 3.05) is 0 Å². The zero-order valence-corrected chi connectivity index (χ0v) is 11.9. The molecule has 2 nitrogen and oxygen atoms in total. The summed E-state index contributed by atoms with van der Waals surface area (Å²) in [4.78, 5) is 10.5. The average Bonchev–Trinajstić information content (AvgIpc) is 2.28. The molecule has 0 amide bonds. The van der Waals surface area contributed by atoms with Crippen molar-refractivity contribution >= 4 is 5.97 Å². The van der Waals surface area contributed by atoms with Crippen molar-refractivity contribution in [3.05, 3.63) is 34.9 Å². The van der Waals surface area contributed by atoms with E-state index < -0.39 is 5.97 Å². The van der Waals surface area contributed by atoms with Crippen LogP contribution in [0.25, 0.3) is 0 Å².